The van der Waals surface area contributed by atoms with Crippen molar-refractivity contribution in [3.8, 4) is 5.82 Å². The number of rotatable bonds is 1. The van der Waals surface area contributed by atoms with Gasteiger partial charge in [0.1, 0.15) is 5.52 Å². The molecule has 0 amide bonds. The Balaban J connectivity index is 2.33. The van der Waals surface area contributed by atoms with E-state index in [0.29, 0.717) is 0 Å². The van der Waals surface area contributed by atoms with Crippen LogP contribution in [0.3, 0.4) is 0 Å². The third-order valence-corrected chi connectivity index (χ3v) is 1.99. The Morgan fingerprint density at radius 3 is 3.21 bits per heavy atom. The van der Waals surface area contributed by atoms with E-state index in [0.717, 1.165) is 16.9 Å². The highest BCUT2D eigenvalue weighted by molar-refractivity contribution is 5.75. The third kappa shape index (κ3) is 0.922. The molecule has 0 unspecified atom stereocenters. The van der Waals surface area contributed by atoms with Crippen LogP contribution in [0.1, 0.15) is 0 Å². The molecule has 5 nitrogen and oxygen atoms in total. The summed E-state index contributed by atoms with van der Waals surface area (Å²) >= 11 is 0. The van der Waals surface area contributed by atoms with E-state index < -0.39 is 0 Å². The molecule has 0 atom stereocenters. The maximum absolute atomic E-state index is 4.03. The Morgan fingerprint density at radius 1 is 1.36 bits per heavy atom. The fraction of sp³-hybridized carbons (Fsp3) is 0. The van der Waals surface area contributed by atoms with Crippen LogP contribution < -0.4 is 0 Å². The van der Waals surface area contributed by atoms with Crippen molar-refractivity contribution in [2.24, 2.45) is 0 Å². The minimum Gasteiger partial charge on any atom is -0.284 e. The molecule has 0 saturated carbocycles. The monoisotopic (exact) mass is 184 g/mol. The summed E-state index contributed by atoms with van der Waals surface area (Å²) in [5, 5.41) is 14.8. The van der Waals surface area contributed by atoms with Crippen molar-refractivity contribution in [3.05, 3.63) is 36.5 Å². The van der Waals surface area contributed by atoms with Crippen LogP contribution in [-0.2, 0) is 0 Å². The second-order valence-electron chi connectivity index (χ2n) is 2.85. The summed E-state index contributed by atoms with van der Waals surface area (Å²) < 4.78 is 1.67. The molecule has 67 valence electrons. The quantitative estimate of drug-likeness (QED) is 0.612. The molecule has 5 heteroatoms. The van der Waals surface area contributed by atoms with Crippen LogP contribution in [0.5, 0.6) is 0 Å². The zero-order valence-corrected chi connectivity index (χ0v) is 7.18. The Hall–Kier alpha value is -2.17. The summed E-state index contributed by atoms with van der Waals surface area (Å²) in [6.45, 7) is 0. The summed E-state index contributed by atoms with van der Waals surface area (Å²) in [5.74, 6) is 0.729. The van der Waals surface area contributed by atoms with Gasteiger partial charge in [0.05, 0.1) is 5.52 Å². The first kappa shape index (κ1) is 7.25. The van der Waals surface area contributed by atoms with Crippen LogP contribution in [0, 0.1) is 6.07 Å². The Labute approximate surface area is 79.4 Å². The fourth-order valence-electron chi connectivity index (χ4n) is 1.35. The van der Waals surface area contributed by atoms with E-state index in [9.17, 15) is 0 Å². The normalized spacial score (nSPS) is 10.9. The van der Waals surface area contributed by atoms with E-state index in [4.69, 9.17) is 0 Å². The SMILES string of the molecule is [c]1ccc2nnn(-c3cc[nH]n3)c2c1. The lowest BCUT2D eigenvalue weighted by Gasteiger charge is -1.94. The molecule has 2 heterocycles. The van der Waals surface area contributed by atoms with Crippen molar-refractivity contribution in [2.75, 3.05) is 0 Å². The minimum absolute atomic E-state index is 0.729. The molecule has 2 aromatic heterocycles. The van der Waals surface area contributed by atoms with Crippen LogP contribution in [0.2, 0.25) is 0 Å². The molecular formula is C9H6N5. The van der Waals surface area contributed by atoms with Crippen molar-refractivity contribution >= 4 is 11.0 Å². The molecule has 0 bridgehead atoms. The van der Waals surface area contributed by atoms with E-state index in [-0.39, 0.29) is 0 Å². The van der Waals surface area contributed by atoms with E-state index in [1.807, 2.05) is 24.3 Å². The Bertz CT molecular complexity index is 551. The summed E-state index contributed by atoms with van der Waals surface area (Å²) in [6, 6.07) is 10.3. The fourth-order valence-corrected chi connectivity index (χ4v) is 1.35. The van der Waals surface area contributed by atoms with Gasteiger partial charge in [-0.2, -0.15) is 9.78 Å². The van der Waals surface area contributed by atoms with E-state index >= 15 is 0 Å². The lowest BCUT2D eigenvalue weighted by molar-refractivity contribution is 0.795. The van der Waals surface area contributed by atoms with Crippen molar-refractivity contribution < 1.29 is 0 Å². The predicted molar refractivity (Wildman–Crippen MR) is 49.8 cm³/mol. The molecule has 0 saturated heterocycles. The molecule has 0 aliphatic rings. The van der Waals surface area contributed by atoms with Gasteiger partial charge in [-0.25, -0.2) is 0 Å². The second kappa shape index (κ2) is 2.66. The van der Waals surface area contributed by atoms with Crippen molar-refractivity contribution in [1.82, 2.24) is 25.2 Å². The number of hydrogen-bond donors (Lipinski definition) is 1. The first-order valence-electron chi connectivity index (χ1n) is 4.17. The molecule has 0 aliphatic heterocycles. The first-order valence-corrected chi connectivity index (χ1v) is 4.17. The first-order chi connectivity index (χ1) is 6.95. The van der Waals surface area contributed by atoms with Gasteiger partial charge < -0.3 is 0 Å². The molecule has 3 rings (SSSR count). The molecule has 1 radical (unpaired) electrons. The third-order valence-electron chi connectivity index (χ3n) is 1.99. The van der Waals surface area contributed by atoms with Crippen LogP contribution in [0.25, 0.3) is 16.9 Å². The van der Waals surface area contributed by atoms with Gasteiger partial charge in [0.2, 0.25) is 0 Å². The molecule has 0 fully saturated rings. The topological polar surface area (TPSA) is 59.4 Å². The highest BCUT2D eigenvalue weighted by Gasteiger charge is 2.05. The maximum Gasteiger partial charge on any atom is 0.177 e. The Morgan fingerprint density at radius 2 is 2.36 bits per heavy atom. The predicted octanol–water partition coefficient (Wildman–Crippen LogP) is 0.944. The Kier molecular flexibility index (Phi) is 1.38. The van der Waals surface area contributed by atoms with E-state index in [2.05, 4.69) is 26.6 Å². The lowest BCUT2D eigenvalue weighted by atomic mass is 10.3. The smallest absolute Gasteiger partial charge is 0.177 e. The highest BCUT2D eigenvalue weighted by atomic mass is 15.5. The summed E-state index contributed by atoms with van der Waals surface area (Å²) in [7, 11) is 0. The van der Waals surface area contributed by atoms with E-state index in [1.54, 1.807) is 10.9 Å². The number of hydrogen-bond acceptors (Lipinski definition) is 3. The molecule has 3 aromatic rings. The number of benzene rings is 1. The van der Waals surface area contributed by atoms with Crippen LogP contribution >= 0.6 is 0 Å². The van der Waals surface area contributed by atoms with Gasteiger partial charge in [0.15, 0.2) is 5.82 Å². The van der Waals surface area contributed by atoms with Crippen molar-refractivity contribution in [2.45, 2.75) is 0 Å². The molecule has 1 aromatic carbocycles. The lowest BCUT2D eigenvalue weighted by Crippen LogP contribution is -1.96. The minimum atomic E-state index is 0.729. The standard InChI is InChI=1S/C9H6N5/c1-2-4-8-7(3-1)11-13-14(8)9-5-6-10-12-9/h1,3-6H,(H,10,12). The van der Waals surface area contributed by atoms with Crippen molar-refractivity contribution in [1.29, 1.82) is 0 Å². The van der Waals surface area contributed by atoms with Gasteiger partial charge in [-0.3, -0.25) is 5.10 Å². The average molecular weight is 184 g/mol. The van der Waals surface area contributed by atoms with Gasteiger partial charge >= 0.3 is 0 Å². The van der Waals surface area contributed by atoms with Gasteiger partial charge in [-0.15, -0.1) is 5.10 Å². The zero-order chi connectivity index (χ0) is 9.38. The number of nitrogens with zero attached hydrogens (tertiary/aromatic N) is 4. The molecule has 14 heavy (non-hydrogen) atoms. The molecule has 1 N–H and O–H groups in total. The van der Waals surface area contributed by atoms with Gasteiger partial charge in [0, 0.05) is 12.3 Å². The summed E-state index contributed by atoms with van der Waals surface area (Å²) in [4.78, 5) is 0. The zero-order valence-electron chi connectivity index (χ0n) is 7.18. The maximum atomic E-state index is 4.03. The number of fused-ring (bicyclic) bond motifs is 1. The number of aromatic nitrogens is 5. The van der Waals surface area contributed by atoms with Gasteiger partial charge in [0.25, 0.3) is 0 Å². The molecule has 0 spiro atoms. The summed E-state index contributed by atoms with van der Waals surface area (Å²) in [6.07, 6.45) is 1.75. The largest absolute Gasteiger partial charge is 0.284 e. The van der Waals surface area contributed by atoms with Gasteiger partial charge in [-0.1, -0.05) is 11.3 Å². The van der Waals surface area contributed by atoms with Crippen LogP contribution in [0.15, 0.2) is 30.5 Å². The second-order valence-corrected chi connectivity index (χ2v) is 2.85. The summed E-state index contributed by atoms with van der Waals surface area (Å²) in [5.41, 5.74) is 1.74. The van der Waals surface area contributed by atoms with E-state index in [1.165, 1.54) is 0 Å². The number of aromatic amines is 1. The average Bonchev–Trinajstić information content (AvgIpc) is 2.85. The van der Waals surface area contributed by atoms with Gasteiger partial charge in [-0.05, 0) is 18.2 Å². The molecule has 0 aliphatic carbocycles. The highest BCUT2D eigenvalue weighted by Crippen LogP contribution is 2.12. The van der Waals surface area contributed by atoms with Crippen molar-refractivity contribution in [3.63, 3.8) is 0 Å². The number of H-pyrrole nitrogens is 1. The molecular weight excluding hydrogens is 178 g/mol. The number of nitrogens with one attached hydrogen (secondary N) is 1. The van der Waals surface area contributed by atoms with Crippen LogP contribution in [-0.4, -0.2) is 25.2 Å². The van der Waals surface area contributed by atoms with Crippen LogP contribution in [0.4, 0.5) is 0 Å².